The van der Waals surface area contributed by atoms with E-state index in [1.807, 2.05) is 97.1 Å². The number of rotatable bonds is 9. The highest BCUT2D eigenvalue weighted by Gasteiger charge is 2.05. The summed E-state index contributed by atoms with van der Waals surface area (Å²) in [6.07, 6.45) is 7.49. The van der Waals surface area contributed by atoms with Gasteiger partial charge in [0.2, 0.25) is 0 Å². The molecule has 0 heterocycles. The zero-order valence-electron chi connectivity index (χ0n) is 18.9. The van der Waals surface area contributed by atoms with Crippen molar-refractivity contribution in [3.05, 3.63) is 119 Å². The molecule has 4 aromatic rings. The second-order valence-electron chi connectivity index (χ2n) is 7.59. The Kier molecular flexibility index (Phi) is 8.59. The van der Waals surface area contributed by atoms with Crippen molar-refractivity contribution in [3.63, 3.8) is 0 Å². The molecule has 0 amide bonds. The maximum Gasteiger partial charge on any atom is 0.357 e. The molecular weight excluding hydrogens is 496 g/mol. The summed E-state index contributed by atoms with van der Waals surface area (Å²) < 4.78 is 49.8. The van der Waals surface area contributed by atoms with E-state index >= 15 is 0 Å². The molecule has 0 aliphatic rings. The molecule has 8 heteroatoms. The minimum atomic E-state index is -2.38. The summed E-state index contributed by atoms with van der Waals surface area (Å²) in [4.78, 5) is 0. The molecule has 36 heavy (non-hydrogen) atoms. The van der Waals surface area contributed by atoms with Crippen LogP contribution in [0.3, 0.4) is 0 Å². The minimum Gasteiger partial charge on any atom is -0.379 e. The monoisotopic (exact) mass is 518 g/mol. The van der Waals surface area contributed by atoms with Crippen molar-refractivity contribution < 1.29 is 25.9 Å². The van der Waals surface area contributed by atoms with E-state index in [0.29, 0.717) is 22.6 Å². The lowest BCUT2D eigenvalue weighted by atomic mass is 10.0. The predicted molar refractivity (Wildman–Crippen MR) is 145 cm³/mol. The van der Waals surface area contributed by atoms with Gasteiger partial charge in [-0.1, -0.05) is 109 Å². The normalized spacial score (nSPS) is 13.1. The number of benzene rings is 4. The third-order valence-electron chi connectivity index (χ3n) is 5.23. The van der Waals surface area contributed by atoms with Crippen molar-refractivity contribution in [2.75, 3.05) is 0 Å². The standard InChI is InChI=1S/C28H22O6S2/c29-35(30)33-27-7-3-1-5-25(27)19-13-21-9-15-23(16-10-21)24-17-11-22(12-18-24)14-20-26-6-2-4-8-28(26)34-36(31)32/h1-20H,(H,29,30)(H,31,32)/b19-13+,20-14+. The van der Waals surface area contributed by atoms with E-state index in [9.17, 15) is 8.42 Å². The summed E-state index contributed by atoms with van der Waals surface area (Å²) >= 11 is -4.76. The molecule has 182 valence electrons. The van der Waals surface area contributed by atoms with Crippen LogP contribution in [0.5, 0.6) is 11.5 Å². The minimum absolute atomic E-state index is 0.333. The Labute approximate surface area is 214 Å². The Morgan fingerprint density at radius 2 is 0.861 bits per heavy atom. The van der Waals surface area contributed by atoms with Crippen LogP contribution in [0.25, 0.3) is 35.4 Å². The fourth-order valence-electron chi connectivity index (χ4n) is 3.49. The molecule has 0 saturated heterocycles. The lowest BCUT2D eigenvalue weighted by molar-refractivity contribution is 0.456. The van der Waals surface area contributed by atoms with Crippen molar-refractivity contribution in [2.45, 2.75) is 0 Å². The van der Waals surface area contributed by atoms with Gasteiger partial charge in [0.15, 0.2) is 0 Å². The van der Waals surface area contributed by atoms with E-state index < -0.39 is 22.7 Å². The van der Waals surface area contributed by atoms with Crippen molar-refractivity contribution in [3.8, 4) is 22.6 Å². The Hall–Kier alpha value is -3.82. The van der Waals surface area contributed by atoms with Gasteiger partial charge in [-0.05, 0) is 34.4 Å². The van der Waals surface area contributed by atoms with Crippen LogP contribution in [0.1, 0.15) is 22.3 Å². The van der Waals surface area contributed by atoms with Gasteiger partial charge in [-0.3, -0.25) is 9.11 Å². The second kappa shape index (κ2) is 12.2. The summed E-state index contributed by atoms with van der Waals surface area (Å²) in [6, 6.07) is 30.1. The molecule has 4 aromatic carbocycles. The Morgan fingerprint density at radius 3 is 1.22 bits per heavy atom. The maximum atomic E-state index is 11.0. The van der Waals surface area contributed by atoms with Crippen LogP contribution in [-0.2, 0) is 22.7 Å². The van der Waals surface area contributed by atoms with Gasteiger partial charge in [0.1, 0.15) is 11.5 Å². The molecule has 0 saturated carbocycles. The smallest absolute Gasteiger partial charge is 0.357 e. The predicted octanol–water partition coefficient (Wildman–Crippen LogP) is 6.73. The molecule has 0 aliphatic heterocycles. The second-order valence-corrected chi connectivity index (χ2v) is 8.79. The van der Waals surface area contributed by atoms with Gasteiger partial charge in [-0.25, -0.2) is 0 Å². The first-order valence-corrected chi connectivity index (χ1v) is 12.9. The molecule has 0 aromatic heterocycles. The third kappa shape index (κ3) is 7.10. The van der Waals surface area contributed by atoms with Crippen LogP contribution >= 0.6 is 0 Å². The topological polar surface area (TPSA) is 93.1 Å². The lowest BCUT2D eigenvalue weighted by Crippen LogP contribution is -1.98. The third-order valence-corrected chi connectivity index (χ3v) is 5.87. The zero-order chi connectivity index (χ0) is 25.3. The summed E-state index contributed by atoms with van der Waals surface area (Å²) in [7, 11) is 0. The number of para-hydroxylation sites is 2. The first-order chi connectivity index (χ1) is 17.5. The summed E-state index contributed by atoms with van der Waals surface area (Å²) in [6.45, 7) is 0. The SMILES string of the molecule is O=S(O)Oc1ccccc1/C=C/c1ccc(-c2ccc(/C=C/c3ccccc3OS(=O)O)cc2)cc1. The number of hydrogen-bond donors (Lipinski definition) is 2. The fourth-order valence-corrected chi connectivity index (χ4v) is 4.10. The molecule has 0 spiro atoms. The Bertz CT molecular complexity index is 1320. The van der Waals surface area contributed by atoms with Gasteiger partial charge in [0.25, 0.3) is 0 Å². The highest BCUT2D eigenvalue weighted by atomic mass is 32.2. The lowest BCUT2D eigenvalue weighted by Gasteiger charge is -2.05. The highest BCUT2D eigenvalue weighted by Crippen LogP contribution is 2.25. The largest absolute Gasteiger partial charge is 0.379 e. The van der Waals surface area contributed by atoms with Crippen LogP contribution in [0.2, 0.25) is 0 Å². The molecule has 2 unspecified atom stereocenters. The summed E-state index contributed by atoms with van der Waals surface area (Å²) in [5.41, 5.74) is 5.47. The van der Waals surface area contributed by atoms with E-state index in [1.54, 1.807) is 24.3 Å². The highest BCUT2D eigenvalue weighted by molar-refractivity contribution is 7.74. The Morgan fingerprint density at radius 1 is 0.500 bits per heavy atom. The average molecular weight is 519 g/mol. The van der Waals surface area contributed by atoms with Gasteiger partial charge < -0.3 is 8.37 Å². The van der Waals surface area contributed by atoms with Crippen molar-refractivity contribution >= 4 is 47.0 Å². The van der Waals surface area contributed by atoms with Crippen LogP contribution in [0.15, 0.2) is 97.1 Å². The molecule has 6 nitrogen and oxygen atoms in total. The van der Waals surface area contributed by atoms with Gasteiger partial charge in [0, 0.05) is 11.1 Å². The average Bonchev–Trinajstić information content (AvgIpc) is 2.88. The van der Waals surface area contributed by atoms with E-state index in [4.69, 9.17) is 17.5 Å². The molecule has 4 rings (SSSR count). The first kappa shape index (κ1) is 25.3. The van der Waals surface area contributed by atoms with E-state index in [1.165, 1.54) is 0 Å². The quantitative estimate of drug-likeness (QED) is 0.189. The van der Waals surface area contributed by atoms with Crippen molar-refractivity contribution in [1.82, 2.24) is 0 Å². The van der Waals surface area contributed by atoms with E-state index in [0.717, 1.165) is 22.3 Å². The molecule has 0 aliphatic carbocycles. The fraction of sp³-hybridized carbons (Fsp3) is 0. The van der Waals surface area contributed by atoms with E-state index in [-0.39, 0.29) is 0 Å². The van der Waals surface area contributed by atoms with E-state index in [2.05, 4.69) is 0 Å². The summed E-state index contributed by atoms with van der Waals surface area (Å²) in [5.74, 6) is 0.666. The van der Waals surface area contributed by atoms with Crippen LogP contribution < -0.4 is 8.37 Å². The molecule has 0 bridgehead atoms. The van der Waals surface area contributed by atoms with Gasteiger partial charge in [-0.2, -0.15) is 8.42 Å². The summed E-state index contributed by atoms with van der Waals surface area (Å²) in [5, 5.41) is 0. The van der Waals surface area contributed by atoms with Crippen LogP contribution in [0.4, 0.5) is 0 Å². The zero-order valence-corrected chi connectivity index (χ0v) is 20.5. The molecular formula is C28H22O6S2. The molecule has 0 radical (unpaired) electrons. The maximum absolute atomic E-state index is 11.0. The molecule has 0 fully saturated rings. The first-order valence-electron chi connectivity index (χ1n) is 10.8. The molecule has 2 atom stereocenters. The van der Waals surface area contributed by atoms with Gasteiger partial charge in [0.05, 0.1) is 0 Å². The number of hydrogen-bond acceptors (Lipinski definition) is 4. The Balaban J connectivity index is 1.44. The van der Waals surface area contributed by atoms with Crippen molar-refractivity contribution in [2.24, 2.45) is 0 Å². The van der Waals surface area contributed by atoms with Crippen molar-refractivity contribution in [1.29, 1.82) is 0 Å². The van der Waals surface area contributed by atoms with Gasteiger partial charge in [-0.15, -0.1) is 0 Å². The molecule has 2 N–H and O–H groups in total. The van der Waals surface area contributed by atoms with Crippen LogP contribution in [0, 0.1) is 0 Å². The van der Waals surface area contributed by atoms with Crippen LogP contribution in [-0.4, -0.2) is 17.5 Å². The van der Waals surface area contributed by atoms with Gasteiger partial charge >= 0.3 is 22.7 Å².